The van der Waals surface area contributed by atoms with Gasteiger partial charge in [0.05, 0.1) is 0 Å². The second-order valence-corrected chi connectivity index (χ2v) is 1.95. The summed E-state index contributed by atoms with van der Waals surface area (Å²) in [6, 6.07) is 0. The number of nitrogens with one attached hydrogen (secondary N) is 2. The number of rotatable bonds is 2. The third kappa shape index (κ3) is 2.22. The summed E-state index contributed by atoms with van der Waals surface area (Å²) >= 11 is 0. The van der Waals surface area contributed by atoms with E-state index in [0.29, 0.717) is 11.4 Å². The third-order valence-corrected chi connectivity index (χ3v) is 1.10. The first-order chi connectivity index (χ1) is 4.09. The Morgan fingerprint density at radius 1 is 1.11 bits per heavy atom. The van der Waals surface area contributed by atoms with Gasteiger partial charge in [-0.15, -0.1) is 0 Å². The Bertz CT molecular complexity index is 150. The van der Waals surface area contributed by atoms with Crippen molar-refractivity contribution in [3.63, 3.8) is 0 Å². The molecule has 0 aromatic carbocycles. The van der Waals surface area contributed by atoms with Crippen molar-refractivity contribution in [2.75, 3.05) is 0 Å². The van der Waals surface area contributed by atoms with Gasteiger partial charge >= 0.3 is 0 Å². The average molecular weight is 124 g/mol. The standard InChI is InChI=1S/C7H12N2/c1-4-7(5(2)8)6(3)9/h4,8-9H,1-3H3. The second-order valence-electron chi connectivity index (χ2n) is 1.95. The fraction of sp³-hybridized carbons (Fsp3) is 0.429. The van der Waals surface area contributed by atoms with E-state index in [2.05, 4.69) is 0 Å². The van der Waals surface area contributed by atoms with Crippen molar-refractivity contribution in [1.29, 1.82) is 10.8 Å². The lowest BCUT2D eigenvalue weighted by molar-refractivity contribution is 1.42. The largest absolute Gasteiger partial charge is 0.305 e. The number of hydrogen-bond acceptors (Lipinski definition) is 2. The van der Waals surface area contributed by atoms with E-state index in [4.69, 9.17) is 10.8 Å². The Morgan fingerprint density at radius 3 is 1.44 bits per heavy atom. The van der Waals surface area contributed by atoms with Gasteiger partial charge in [-0.05, 0) is 20.8 Å². The maximum atomic E-state index is 7.17. The number of hydrogen-bond donors (Lipinski definition) is 2. The SMILES string of the molecule is CC=C(C(C)=N)C(C)=N. The van der Waals surface area contributed by atoms with Gasteiger partial charge in [-0.2, -0.15) is 0 Å². The third-order valence-electron chi connectivity index (χ3n) is 1.10. The fourth-order valence-electron chi connectivity index (χ4n) is 0.714. The molecule has 0 bridgehead atoms. The molecule has 50 valence electrons. The van der Waals surface area contributed by atoms with Crippen molar-refractivity contribution in [1.82, 2.24) is 0 Å². The topological polar surface area (TPSA) is 47.7 Å². The summed E-state index contributed by atoms with van der Waals surface area (Å²) in [5.41, 5.74) is 1.66. The van der Waals surface area contributed by atoms with Gasteiger partial charge in [0.25, 0.3) is 0 Å². The molecule has 2 nitrogen and oxygen atoms in total. The average Bonchev–Trinajstić information content (AvgIpc) is 1.64. The van der Waals surface area contributed by atoms with Crippen molar-refractivity contribution in [2.24, 2.45) is 0 Å². The molecule has 0 rings (SSSR count). The van der Waals surface area contributed by atoms with E-state index in [-0.39, 0.29) is 0 Å². The zero-order valence-electron chi connectivity index (χ0n) is 6.08. The highest BCUT2D eigenvalue weighted by molar-refractivity contribution is 6.20. The smallest absolute Gasteiger partial charge is 0.0369 e. The molecule has 0 aromatic heterocycles. The first kappa shape index (κ1) is 8.08. The highest BCUT2D eigenvalue weighted by atomic mass is 14.5. The van der Waals surface area contributed by atoms with Crippen LogP contribution in [-0.4, -0.2) is 11.4 Å². The molecule has 0 aliphatic rings. The predicted octanol–water partition coefficient (Wildman–Crippen LogP) is 2.01. The van der Waals surface area contributed by atoms with Gasteiger partial charge in [0, 0.05) is 17.0 Å². The molecule has 0 radical (unpaired) electrons. The van der Waals surface area contributed by atoms with Crippen LogP contribution in [0.5, 0.6) is 0 Å². The molecular formula is C7H12N2. The van der Waals surface area contributed by atoms with Crippen LogP contribution in [0.25, 0.3) is 0 Å². The summed E-state index contributed by atoms with van der Waals surface area (Å²) in [7, 11) is 0. The van der Waals surface area contributed by atoms with Crippen LogP contribution in [0.4, 0.5) is 0 Å². The highest BCUT2D eigenvalue weighted by Crippen LogP contribution is 1.96. The van der Waals surface area contributed by atoms with E-state index in [9.17, 15) is 0 Å². The molecule has 0 aliphatic carbocycles. The van der Waals surface area contributed by atoms with Gasteiger partial charge in [-0.3, -0.25) is 0 Å². The molecule has 0 aromatic rings. The summed E-state index contributed by atoms with van der Waals surface area (Å²) in [4.78, 5) is 0. The maximum Gasteiger partial charge on any atom is 0.0369 e. The van der Waals surface area contributed by atoms with Crippen LogP contribution in [0, 0.1) is 10.8 Å². The quantitative estimate of drug-likeness (QED) is 0.529. The number of allylic oxidation sites excluding steroid dienone is 2. The molecule has 0 atom stereocenters. The van der Waals surface area contributed by atoms with Gasteiger partial charge in [-0.1, -0.05) is 6.08 Å². The van der Waals surface area contributed by atoms with Crippen molar-refractivity contribution >= 4 is 11.4 Å². The second kappa shape index (κ2) is 3.17. The van der Waals surface area contributed by atoms with Crippen molar-refractivity contribution in [3.05, 3.63) is 11.6 Å². The summed E-state index contributed by atoms with van der Waals surface area (Å²) in [5, 5.41) is 14.3. The molecule has 0 aliphatic heterocycles. The minimum atomic E-state index is 0.463. The predicted molar refractivity (Wildman–Crippen MR) is 40.6 cm³/mol. The van der Waals surface area contributed by atoms with Crippen LogP contribution in [0.2, 0.25) is 0 Å². The van der Waals surface area contributed by atoms with Gasteiger partial charge in [0.1, 0.15) is 0 Å². The monoisotopic (exact) mass is 124 g/mol. The zero-order chi connectivity index (χ0) is 7.44. The Kier molecular flexibility index (Phi) is 2.85. The summed E-state index contributed by atoms with van der Waals surface area (Å²) in [6.45, 7) is 5.21. The molecule has 0 saturated carbocycles. The molecule has 0 fully saturated rings. The summed E-state index contributed by atoms with van der Waals surface area (Å²) in [5.74, 6) is 0. The van der Waals surface area contributed by atoms with Crippen LogP contribution in [-0.2, 0) is 0 Å². The van der Waals surface area contributed by atoms with E-state index in [1.54, 1.807) is 19.9 Å². The normalized spacial score (nSPS) is 8.33. The Labute approximate surface area is 55.6 Å². The molecule has 0 unspecified atom stereocenters. The van der Waals surface area contributed by atoms with Crippen molar-refractivity contribution in [3.8, 4) is 0 Å². The highest BCUT2D eigenvalue weighted by Gasteiger charge is 1.98. The van der Waals surface area contributed by atoms with Crippen molar-refractivity contribution in [2.45, 2.75) is 20.8 Å². The van der Waals surface area contributed by atoms with Crippen LogP contribution >= 0.6 is 0 Å². The summed E-state index contributed by atoms with van der Waals surface area (Å²) < 4.78 is 0. The first-order valence-corrected chi connectivity index (χ1v) is 2.87. The molecule has 0 spiro atoms. The van der Waals surface area contributed by atoms with Gasteiger partial charge < -0.3 is 10.8 Å². The van der Waals surface area contributed by atoms with Gasteiger partial charge in [0.15, 0.2) is 0 Å². The molecule has 0 heterocycles. The van der Waals surface area contributed by atoms with E-state index in [1.165, 1.54) is 0 Å². The van der Waals surface area contributed by atoms with E-state index in [1.807, 2.05) is 6.92 Å². The molecule has 0 saturated heterocycles. The molecule has 0 amide bonds. The van der Waals surface area contributed by atoms with Gasteiger partial charge in [-0.25, -0.2) is 0 Å². The fourth-order valence-corrected chi connectivity index (χ4v) is 0.714. The Balaban J connectivity index is 4.38. The maximum absolute atomic E-state index is 7.17. The Hall–Kier alpha value is -0.920. The van der Waals surface area contributed by atoms with Crippen molar-refractivity contribution < 1.29 is 0 Å². The lowest BCUT2D eigenvalue weighted by atomic mass is 10.1. The van der Waals surface area contributed by atoms with E-state index >= 15 is 0 Å². The minimum absolute atomic E-state index is 0.463. The molecule has 2 N–H and O–H groups in total. The molecular weight excluding hydrogens is 112 g/mol. The molecule has 2 heteroatoms. The lowest BCUT2D eigenvalue weighted by Crippen LogP contribution is -2.03. The van der Waals surface area contributed by atoms with E-state index in [0.717, 1.165) is 5.57 Å². The van der Waals surface area contributed by atoms with Crippen LogP contribution in [0.15, 0.2) is 11.6 Å². The minimum Gasteiger partial charge on any atom is -0.305 e. The Morgan fingerprint density at radius 2 is 1.44 bits per heavy atom. The van der Waals surface area contributed by atoms with E-state index < -0.39 is 0 Å². The molecule has 9 heavy (non-hydrogen) atoms. The van der Waals surface area contributed by atoms with Gasteiger partial charge in [0.2, 0.25) is 0 Å². The van der Waals surface area contributed by atoms with Crippen LogP contribution < -0.4 is 0 Å². The lowest BCUT2D eigenvalue weighted by Gasteiger charge is -1.99. The van der Waals surface area contributed by atoms with Crippen LogP contribution in [0.1, 0.15) is 20.8 Å². The summed E-state index contributed by atoms with van der Waals surface area (Å²) in [6.07, 6.45) is 1.78. The zero-order valence-corrected chi connectivity index (χ0v) is 6.08. The van der Waals surface area contributed by atoms with Crippen LogP contribution in [0.3, 0.4) is 0 Å². The first-order valence-electron chi connectivity index (χ1n) is 2.87.